The number of nitrogens with zero attached hydrogens (tertiary/aromatic N) is 1. The van der Waals surface area contributed by atoms with E-state index < -0.39 is 12.2 Å². The summed E-state index contributed by atoms with van der Waals surface area (Å²) in [5.41, 5.74) is 13.2. The Kier molecular flexibility index (Phi) is 24.8. The summed E-state index contributed by atoms with van der Waals surface area (Å²) in [4.78, 5) is 50.4. The molecule has 0 aromatic heterocycles. The highest BCUT2D eigenvalue weighted by molar-refractivity contribution is 9.11. The molecule has 398 valence electrons. The number of hydrogen-bond acceptors (Lipinski definition) is 12. The molecule has 6 aromatic rings. The summed E-state index contributed by atoms with van der Waals surface area (Å²) in [7, 11) is 7.75. The predicted molar refractivity (Wildman–Crippen MR) is 299 cm³/mol. The molecule has 0 fully saturated rings. The van der Waals surface area contributed by atoms with Gasteiger partial charge in [0.1, 0.15) is 13.2 Å². The van der Waals surface area contributed by atoms with E-state index in [4.69, 9.17) is 34.2 Å². The number of ether oxygens (including phenoxy) is 7. The number of rotatable bonds is 21. The molecule has 18 heteroatoms. The Balaban J connectivity index is 0.000000232. The Hall–Kier alpha value is -6.60. The van der Waals surface area contributed by atoms with Crippen LogP contribution in [0.25, 0.3) is 0 Å². The molecule has 4 N–H and O–H groups in total. The SMILES string of the molecule is COC(=O)c1cccc(Br)c1CBr.COc1ccc([C@@H](CCCNC(=O)OCc2ccccc2)N2Cc3c(Br)cccc3C2=O)cc1OC.COc1ccc([C@H](N)CCCNC(=O)OCc2ccccc2)cc1OC. The zero-order valence-electron chi connectivity index (χ0n) is 42.6. The lowest BCUT2D eigenvalue weighted by molar-refractivity contribution is 0.0599. The monoisotopic (exact) mass is 1220 g/mol. The molecule has 0 unspecified atom stereocenters. The molecule has 2 atom stereocenters. The standard InChI is InChI=1S/C28H29BrN2O5.C20H26N2O4.C9H8Br2O2/c1-34-25-14-13-20(16-26(25)35-2)24(31-17-22-21(27(31)32)10-6-11-23(22)29)12-7-15-30-28(33)36-18-19-8-4-3-5-9-19;1-24-18-11-10-16(13-19(18)25-2)17(21)9-6-12-22-20(23)26-14-15-7-4-3-5-8-15;1-13-9(12)6-3-2-4-8(11)7(6)5-10/h3-6,8-11,13-14,16,24H,7,12,15,17-18H2,1-2H3,(H,30,33);3-5,7-8,10-11,13,17H,6,9,12,14,21H2,1-2H3,(H,22,23);2-4H,5H2,1H3/t24-;17-;/m11./s1. The van der Waals surface area contributed by atoms with Crippen LogP contribution in [0.4, 0.5) is 9.59 Å². The van der Waals surface area contributed by atoms with Gasteiger partial charge in [0.05, 0.1) is 47.2 Å². The molecule has 1 aliphatic heterocycles. The van der Waals surface area contributed by atoms with Gasteiger partial charge in [0, 0.05) is 45.5 Å². The highest BCUT2D eigenvalue weighted by Crippen LogP contribution is 2.39. The molecular formula is C57H63Br3N4O11. The van der Waals surface area contributed by atoms with Gasteiger partial charge in [-0.3, -0.25) is 4.79 Å². The average Bonchev–Trinajstić information content (AvgIpc) is 3.79. The number of nitrogens with two attached hydrogens (primary N) is 1. The number of hydrogen-bond donors (Lipinski definition) is 3. The maximum absolute atomic E-state index is 13.4. The third-order valence-corrected chi connectivity index (χ3v) is 14.0. The van der Waals surface area contributed by atoms with E-state index in [1.54, 1.807) is 34.5 Å². The van der Waals surface area contributed by atoms with Crippen molar-refractivity contribution in [1.29, 1.82) is 0 Å². The van der Waals surface area contributed by atoms with Crippen LogP contribution >= 0.6 is 47.8 Å². The number of esters is 1. The summed E-state index contributed by atoms with van der Waals surface area (Å²) in [5, 5.41) is 6.17. The van der Waals surface area contributed by atoms with Crippen LogP contribution in [-0.4, -0.2) is 77.6 Å². The molecule has 15 nitrogen and oxygen atoms in total. The lowest BCUT2D eigenvalue weighted by atomic mass is 9.99. The van der Waals surface area contributed by atoms with Crippen LogP contribution in [-0.2, 0) is 39.3 Å². The molecular weight excluding hydrogens is 1160 g/mol. The Morgan fingerprint density at radius 2 is 1.12 bits per heavy atom. The molecule has 1 heterocycles. The summed E-state index contributed by atoms with van der Waals surface area (Å²) in [6.45, 7) is 1.92. The lowest BCUT2D eigenvalue weighted by Crippen LogP contribution is -2.31. The van der Waals surface area contributed by atoms with E-state index in [-0.39, 0.29) is 37.2 Å². The zero-order valence-corrected chi connectivity index (χ0v) is 47.3. The minimum Gasteiger partial charge on any atom is -0.493 e. The number of methoxy groups -OCH3 is 5. The van der Waals surface area contributed by atoms with Crippen LogP contribution in [0.5, 0.6) is 23.0 Å². The molecule has 0 saturated heterocycles. The van der Waals surface area contributed by atoms with Crippen LogP contribution in [0.1, 0.15) is 91.9 Å². The lowest BCUT2D eigenvalue weighted by Gasteiger charge is -2.29. The topological polar surface area (TPSA) is 186 Å². The number of nitrogens with one attached hydrogen (secondary N) is 2. The van der Waals surface area contributed by atoms with Gasteiger partial charge < -0.3 is 54.4 Å². The first-order valence-electron chi connectivity index (χ1n) is 23.9. The summed E-state index contributed by atoms with van der Waals surface area (Å²) >= 11 is 10.3. The Bertz CT molecular complexity index is 2790. The second-order valence-corrected chi connectivity index (χ2v) is 19.0. The quantitative estimate of drug-likeness (QED) is 0.0268. The van der Waals surface area contributed by atoms with Crippen molar-refractivity contribution in [2.24, 2.45) is 5.73 Å². The van der Waals surface area contributed by atoms with Gasteiger partial charge >= 0.3 is 18.2 Å². The minimum atomic E-state index is -0.463. The van der Waals surface area contributed by atoms with Crippen LogP contribution in [0.2, 0.25) is 0 Å². The van der Waals surface area contributed by atoms with Crippen molar-refractivity contribution in [3.8, 4) is 23.0 Å². The Morgan fingerprint density at radius 3 is 1.64 bits per heavy atom. The molecule has 1 aliphatic rings. The summed E-state index contributed by atoms with van der Waals surface area (Å²) < 4.78 is 38.4. The summed E-state index contributed by atoms with van der Waals surface area (Å²) in [6, 6.07) is 41.2. The Morgan fingerprint density at radius 1 is 0.613 bits per heavy atom. The molecule has 7 rings (SSSR count). The van der Waals surface area contributed by atoms with E-state index in [9.17, 15) is 19.2 Å². The fraction of sp³-hybridized carbons (Fsp3) is 0.298. The number of halogens is 3. The number of alkyl halides is 1. The van der Waals surface area contributed by atoms with E-state index in [0.717, 1.165) is 55.2 Å². The third kappa shape index (κ3) is 17.8. The molecule has 3 amide bonds. The summed E-state index contributed by atoms with van der Waals surface area (Å²) in [6.07, 6.45) is 1.89. The highest BCUT2D eigenvalue weighted by Gasteiger charge is 2.35. The Labute approximate surface area is 464 Å². The van der Waals surface area contributed by atoms with Crippen LogP contribution in [0, 0.1) is 0 Å². The second-order valence-electron chi connectivity index (χ2n) is 16.7. The molecule has 0 saturated carbocycles. The first-order valence-corrected chi connectivity index (χ1v) is 26.6. The maximum atomic E-state index is 13.4. The fourth-order valence-corrected chi connectivity index (χ4v) is 9.90. The molecule has 0 spiro atoms. The fourth-order valence-electron chi connectivity index (χ4n) is 7.92. The largest absolute Gasteiger partial charge is 0.493 e. The first-order chi connectivity index (χ1) is 36.3. The van der Waals surface area contributed by atoms with Crippen molar-refractivity contribution in [3.63, 3.8) is 0 Å². The number of amides is 3. The van der Waals surface area contributed by atoms with Crippen LogP contribution < -0.4 is 35.3 Å². The number of carbonyl (C=O) groups is 4. The predicted octanol–water partition coefficient (Wildman–Crippen LogP) is 12.4. The van der Waals surface area contributed by atoms with Crippen LogP contribution in [0.3, 0.4) is 0 Å². The normalized spacial score (nSPS) is 12.0. The van der Waals surface area contributed by atoms with Gasteiger partial charge in [-0.05, 0) is 108 Å². The van der Waals surface area contributed by atoms with Crippen molar-refractivity contribution in [2.75, 3.05) is 48.6 Å². The third-order valence-electron chi connectivity index (χ3n) is 11.9. The van der Waals surface area contributed by atoms with E-state index >= 15 is 0 Å². The molecule has 0 bridgehead atoms. The maximum Gasteiger partial charge on any atom is 0.407 e. The molecule has 75 heavy (non-hydrogen) atoms. The van der Waals surface area contributed by atoms with E-state index in [1.807, 2.05) is 132 Å². The second kappa shape index (κ2) is 31.3. The number of alkyl carbamates (subject to hydrolysis) is 2. The average molecular weight is 1220 g/mol. The number of benzene rings is 6. The van der Waals surface area contributed by atoms with Crippen molar-refractivity contribution in [3.05, 3.63) is 187 Å². The van der Waals surface area contributed by atoms with Gasteiger partial charge in [0.2, 0.25) is 0 Å². The number of carbonyl (C=O) groups excluding carboxylic acids is 4. The van der Waals surface area contributed by atoms with E-state index in [1.165, 1.54) is 7.11 Å². The molecule has 0 aliphatic carbocycles. The van der Waals surface area contributed by atoms with Crippen molar-refractivity contribution < 1.29 is 52.3 Å². The van der Waals surface area contributed by atoms with Gasteiger partial charge in [-0.1, -0.05) is 133 Å². The zero-order chi connectivity index (χ0) is 54.1. The van der Waals surface area contributed by atoms with Crippen molar-refractivity contribution >= 4 is 71.9 Å². The van der Waals surface area contributed by atoms with Crippen molar-refractivity contribution in [1.82, 2.24) is 15.5 Å². The van der Waals surface area contributed by atoms with Gasteiger partial charge in [0.15, 0.2) is 23.0 Å². The van der Waals surface area contributed by atoms with Gasteiger partial charge in [-0.15, -0.1) is 0 Å². The van der Waals surface area contributed by atoms with Crippen LogP contribution in [0.15, 0.2) is 142 Å². The van der Waals surface area contributed by atoms with E-state index in [0.29, 0.717) is 71.9 Å². The number of fused-ring (bicyclic) bond motifs is 1. The highest BCUT2D eigenvalue weighted by atomic mass is 79.9. The van der Waals surface area contributed by atoms with Crippen molar-refractivity contribution in [2.45, 2.75) is 62.9 Å². The van der Waals surface area contributed by atoms with Gasteiger partial charge in [-0.25, -0.2) is 14.4 Å². The van der Waals surface area contributed by atoms with Gasteiger partial charge in [0.25, 0.3) is 5.91 Å². The van der Waals surface area contributed by atoms with E-state index in [2.05, 4.69) is 63.2 Å². The van der Waals surface area contributed by atoms with Gasteiger partial charge in [-0.2, -0.15) is 0 Å². The smallest absolute Gasteiger partial charge is 0.407 e. The minimum absolute atomic E-state index is 0.0127. The molecule has 0 radical (unpaired) electrons. The molecule has 6 aromatic carbocycles. The first kappa shape index (κ1) is 59.3. The summed E-state index contributed by atoms with van der Waals surface area (Å²) in [5.74, 6) is 2.24.